The van der Waals surface area contributed by atoms with Crippen LogP contribution in [0.4, 0.5) is 0 Å². The highest BCUT2D eigenvalue weighted by molar-refractivity contribution is 7.80. The van der Waals surface area contributed by atoms with Gasteiger partial charge in [-0.15, -0.1) is 0 Å². The second-order valence-corrected chi connectivity index (χ2v) is 16.5. The standard InChI is InChI=1S/C16H34O4SSi.C14H30O4SSi/c1-6-17-22(18-7-2,19-8-3)14-12-10-9-11-13-15(4)20-16(5)21;1-5-16-20(17-6-2,18-7-3)13-11-9-8-10-12-15-14(4)19/h15H,6-14H2,1-5H3;5-13H2,1-4H3. The van der Waals surface area contributed by atoms with Crippen LogP contribution in [0.25, 0.3) is 0 Å². The second kappa shape index (κ2) is 29.7. The van der Waals surface area contributed by atoms with E-state index < -0.39 is 17.6 Å². The predicted octanol–water partition coefficient (Wildman–Crippen LogP) is 8.70. The third-order valence-electron chi connectivity index (χ3n) is 6.08. The van der Waals surface area contributed by atoms with Crippen molar-refractivity contribution in [1.82, 2.24) is 0 Å². The Balaban J connectivity index is 0. The zero-order valence-electron chi connectivity index (χ0n) is 28.4. The number of ether oxygens (including phenoxy) is 2. The molecule has 0 saturated carbocycles. The third-order valence-corrected chi connectivity index (χ3v) is 12.6. The van der Waals surface area contributed by atoms with Crippen molar-refractivity contribution in [3.63, 3.8) is 0 Å². The van der Waals surface area contributed by atoms with E-state index in [0.29, 0.717) is 49.7 Å². The highest BCUT2D eigenvalue weighted by atomic mass is 32.1. The molecule has 0 heterocycles. The number of hydrogen-bond donors (Lipinski definition) is 0. The fraction of sp³-hybridized carbons (Fsp3) is 0.933. The van der Waals surface area contributed by atoms with E-state index in [1.54, 1.807) is 0 Å². The van der Waals surface area contributed by atoms with Crippen LogP contribution in [0.5, 0.6) is 0 Å². The van der Waals surface area contributed by atoms with Gasteiger partial charge in [0.15, 0.2) is 10.1 Å². The molecule has 1 unspecified atom stereocenters. The van der Waals surface area contributed by atoms with E-state index in [1.807, 2.05) is 55.4 Å². The van der Waals surface area contributed by atoms with Crippen molar-refractivity contribution in [2.24, 2.45) is 0 Å². The second-order valence-electron chi connectivity index (χ2n) is 9.84. The Bertz CT molecular complexity index is 612. The van der Waals surface area contributed by atoms with E-state index in [9.17, 15) is 0 Å². The van der Waals surface area contributed by atoms with Gasteiger partial charge < -0.3 is 36.0 Å². The van der Waals surface area contributed by atoms with E-state index in [-0.39, 0.29) is 6.10 Å². The Labute approximate surface area is 271 Å². The molecular formula is C30H64O8S2Si2. The van der Waals surface area contributed by atoms with Crippen LogP contribution in [0.1, 0.15) is 120 Å². The first kappa shape index (κ1) is 44.1. The first-order chi connectivity index (χ1) is 20.1. The van der Waals surface area contributed by atoms with E-state index in [2.05, 4.69) is 6.92 Å². The molecule has 0 aliphatic rings. The largest absolute Gasteiger partial charge is 0.500 e. The molecule has 252 valence electrons. The first-order valence-corrected chi connectivity index (χ1v) is 20.9. The molecule has 8 nitrogen and oxygen atoms in total. The Morgan fingerprint density at radius 2 is 0.881 bits per heavy atom. The molecule has 0 radical (unpaired) electrons. The van der Waals surface area contributed by atoms with Crippen molar-refractivity contribution in [3.8, 4) is 0 Å². The van der Waals surface area contributed by atoms with Gasteiger partial charge in [0.2, 0.25) is 0 Å². The minimum Gasteiger partial charge on any atom is -0.487 e. The van der Waals surface area contributed by atoms with Gasteiger partial charge in [-0.1, -0.05) is 25.7 Å². The number of thiocarbonyl (C=S) groups is 2. The van der Waals surface area contributed by atoms with Crippen molar-refractivity contribution < 1.29 is 36.0 Å². The average molecular weight is 673 g/mol. The summed E-state index contributed by atoms with van der Waals surface area (Å²) in [5.74, 6) is 0. The molecule has 0 amide bonds. The Morgan fingerprint density at radius 1 is 0.524 bits per heavy atom. The van der Waals surface area contributed by atoms with Crippen LogP contribution >= 0.6 is 24.4 Å². The van der Waals surface area contributed by atoms with Crippen molar-refractivity contribution in [3.05, 3.63) is 0 Å². The third kappa shape index (κ3) is 25.3. The van der Waals surface area contributed by atoms with Crippen LogP contribution in [0.2, 0.25) is 12.1 Å². The van der Waals surface area contributed by atoms with Gasteiger partial charge in [-0.05, 0) is 105 Å². The number of unbranched alkanes of at least 4 members (excludes halogenated alkanes) is 6. The smallest absolute Gasteiger partial charge is 0.487 e. The van der Waals surface area contributed by atoms with Gasteiger partial charge in [0, 0.05) is 65.6 Å². The summed E-state index contributed by atoms with van der Waals surface area (Å²) in [6.07, 6.45) is 10.3. The summed E-state index contributed by atoms with van der Waals surface area (Å²) in [5, 5.41) is 1.26. The van der Waals surface area contributed by atoms with Gasteiger partial charge in [-0.25, -0.2) is 0 Å². The van der Waals surface area contributed by atoms with Gasteiger partial charge in [-0.2, -0.15) is 0 Å². The van der Waals surface area contributed by atoms with Gasteiger partial charge in [0.25, 0.3) is 0 Å². The molecule has 0 aromatic carbocycles. The Kier molecular flexibility index (Phi) is 31.2. The highest BCUT2D eigenvalue weighted by Crippen LogP contribution is 2.22. The van der Waals surface area contributed by atoms with Crippen LogP contribution in [0.3, 0.4) is 0 Å². The SMILES string of the molecule is CCO[Si](CCCCCCC(C)OC(C)=S)(OCC)OCC.CCO[Si](CCCCCCOC(C)=S)(OCC)OCC. The lowest BCUT2D eigenvalue weighted by molar-refractivity contribution is 0.0698. The summed E-state index contributed by atoms with van der Waals surface area (Å²) in [6.45, 7) is 22.3. The maximum Gasteiger partial charge on any atom is 0.500 e. The van der Waals surface area contributed by atoms with Gasteiger partial charge in [-0.3, -0.25) is 0 Å². The highest BCUT2D eigenvalue weighted by Gasteiger charge is 2.40. The van der Waals surface area contributed by atoms with Gasteiger partial charge >= 0.3 is 17.6 Å². The molecule has 0 N–H and O–H groups in total. The summed E-state index contributed by atoms with van der Waals surface area (Å²) >= 11 is 9.81. The van der Waals surface area contributed by atoms with Crippen LogP contribution in [-0.2, 0) is 36.0 Å². The lowest BCUT2D eigenvalue weighted by Crippen LogP contribution is -2.45. The van der Waals surface area contributed by atoms with Crippen LogP contribution in [-0.4, -0.2) is 80.1 Å². The minimum atomic E-state index is -2.44. The van der Waals surface area contributed by atoms with Crippen molar-refractivity contribution in [1.29, 1.82) is 0 Å². The Morgan fingerprint density at radius 3 is 1.21 bits per heavy atom. The van der Waals surface area contributed by atoms with Gasteiger partial charge in [0.05, 0.1) is 12.7 Å². The Hall–Kier alpha value is -0.0262. The van der Waals surface area contributed by atoms with Crippen LogP contribution in [0.15, 0.2) is 0 Å². The van der Waals surface area contributed by atoms with E-state index in [1.165, 1.54) is 12.8 Å². The van der Waals surface area contributed by atoms with Crippen LogP contribution < -0.4 is 0 Å². The molecule has 0 fully saturated rings. The van der Waals surface area contributed by atoms with E-state index in [4.69, 9.17) is 60.5 Å². The summed E-state index contributed by atoms with van der Waals surface area (Å²) in [4.78, 5) is 0. The van der Waals surface area contributed by atoms with E-state index in [0.717, 1.165) is 63.6 Å². The molecule has 0 spiro atoms. The molecule has 12 heteroatoms. The minimum absolute atomic E-state index is 0.223. The average Bonchev–Trinajstić information content (AvgIpc) is 2.91. The molecule has 0 aromatic rings. The maximum absolute atomic E-state index is 5.86. The molecule has 0 aromatic heterocycles. The molecule has 1 atom stereocenters. The zero-order valence-corrected chi connectivity index (χ0v) is 32.0. The summed E-state index contributed by atoms with van der Waals surface area (Å²) in [7, 11) is -4.88. The monoisotopic (exact) mass is 672 g/mol. The van der Waals surface area contributed by atoms with Crippen molar-refractivity contribution in [2.75, 3.05) is 46.2 Å². The quantitative estimate of drug-likeness (QED) is 0.0481. The summed E-state index contributed by atoms with van der Waals surface area (Å²) in [6, 6.07) is 1.81. The lowest BCUT2D eigenvalue weighted by Gasteiger charge is -2.28. The molecule has 0 rings (SSSR count). The topological polar surface area (TPSA) is 73.8 Å². The normalized spacial score (nSPS) is 12.4. The number of rotatable bonds is 27. The molecule has 0 aliphatic heterocycles. The fourth-order valence-electron chi connectivity index (χ4n) is 4.48. The van der Waals surface area contributed by atoms with Crippen molar-refractivity contribution >= 4 is 52.1 Å². The van der Waals surface area contributed by atoms with Crippen molar-refractivity contribution in [2.45, 2.75) is 138 Å². The first-order valence-electron chi connectivity index (χ1n) is 16.2. The molecular weight excluding hydrogens is 609 g/mol. The van der Waals surface area contributed by atoms with E-state index >= 15 is 0 Å². The molecule has 0 saturated heterocycles. The zero-order chi connectivity index (χ0) is 32.1. The molecule has 0 aliphatic carbocycles. The summed E-state index contributed by atoms with van der Waals surface area (Å²) in [5.41, 5.74) is 0. The molecule has 42 heavy (non-hydrogen) atoms. The van der Waals surface area contributed by atoms with Crippen LogP contribution in [0, 0.1) is 0 Å². The summed E-state index contributed by atoms with van der Waals surface area (Å²) < 4.78 is 45.8. The molecule has 0 bridgehead atoms. The predicted molar refractivity (Wildman–Crippen MR) is 185 cm³/mol. The van der Waals surface area contributed by atoms with Gasteiger partial charge in [0.1, 0.15) is 0 Å². The number of hydrogen-bond acceptors (Lipinski definition) is 10. The lowest BCUT2D eigenvalue weighted by atomic mass is 10.1. The maximum atomic E-state index is 5.86. The fourth-order valence-corrected chi connectivity index (χ4v) is 10.1.